The third-order valence-corrected chi connectivity index (χ3v) is 5.38. The summed E-state index contributed by atoms with van der Waals surface area (Å²) in [4.78, 5) is 40.8. The van der Waals surface area contributed by atoms with Gasteiger partial charge < -0.3 is 10.2 Å². The van der Waals surface area contributed by atoms with E-state index in [9.17, 15) is 14.4 Å². The van der Waals surface area contributed by atoms with Gasteiger partial charge in [-0.3, -0.25) is 14.5 Å². The molecule has 0 radical (unpaired) electrons. The summed E-state index contributed by atoms with van der Waals surface area (Å²) in [5.41, 5.74) is -0.192. The molecular formula is C20H24N4O3. The molecule has 27 heavy (non-hydrogen) atoms. The number of nitrogens with zero attached hydrogens (tertiary/aromatic N) is 3. The zero-order chi connectivity index (χ0) is 19.8. The van der Waals surface area contributed by atoms with E-state index in [-0.39, 0.29) is 12.5 Å². The number of carbonyl (C=O) groups excluding carboxylic acids is 3. The highest BCUT2D eigenvalue weighted by atomic mass is 16.2. The summed E-state index contributed by atoms with van der Waals surface area (Å²) in [6.45, 7) is 6.87. The second-order valence-corrected chi connectivity index (χ2v) is 7.88. The van der Waals surface area contributed by atoms with Gasteiger partial charge >= 0.3 is 6.03 Å². The normalized spacial score (nSPS) is 28.1. The molecule has 2 aliphatic heterocycles. The molecule has 0 bridgehead atoms. The first-order chi connectivity index (χ1) is 12.7. The van der Waals surface area contributed by atoms with Crippen molar-refractivity contribution in [1.82, 2.24) is 15.1 Å². The van der Waals surface area contributed by atoms with E-state index in [1.165, 1.54) is 0 Å². The van der Waals surface area contributed by atoms with Gasteiger partial charge in [0.1, 0.15) is 12.1 Å². The van der Waals surface area contributed by atoms with E-state index in [0.29, 0.717) is 36.1 Å². The van der Waals surface area contributed by atoms with E-state index in [4.69, 9.17) is 5.26 Å². The molecule has 1 N–H and O–H groups in total. The number of hydrogen-bond donors (Lipinski definition) is 1. The second kappa shape index (κ2) is 7.03. The number of amides is 4. The molecule has 0 saturated carbocycles. The molecule has 0 spiro atoms. The summed E-state index contributed by atoms with van der Waals surface area (Å²) in [5, 5.41) is 11.6. The van der Waals surface area contributed by atoms with E-state index in [1.54, 1.807) is 36.1 Å². The fraction of sp³-hybridized carbons (Fsp3) is 0.500. The Bertz CT molecular complexity index is 804. The summed E-state index contributed by atoms with van der Waals surface area (Å²) in [7, 11) is 0. The van der Waals surface area contributed by atoms with Gasteiger partial charge in [0.05, 0.1) is 11.6 Å². The number of rotatable bonds is 3. The number of likely N-dealkylation sites (tertiary alicyclic amines) is 1. The van der Waals surface area contributed by atoms with Crippen LogP contribution in [0.2, 0.25) is 0 Å². The van der Waals surface area contributed by atoms with Crippen molar-refractivity contribution in [1.29, 1.82) is 5.26 Å². The van der Waals surface area contributed by atoms with E-state index in [0.717, 1.165) is 11.3 Å². The van der Waals surface area contributed by atoms with Gasteiger partial charge in [-0.05, 0) is 42.9 Å². The molecule has 2 fully saturated rings. The van der Waals surface area contributed by atoms with Crippen LogP contribution in [0.15, 0.2) is 24.3 Å². The number of piperidine rings is 1. The van der Waals surface area contributed by atoms with Gasteiger partial charge in [0.2, 0.25) is 5.91 Å². The van der Waals surface area contributed by atoms with E-state index < -0.39 is 17.5 Å². The minimum absolute atomic E-state index is 0.207. The van der Waals surface area contributed by atoms with Crippen LogP contribution >= 0.6 is 0 Å². The second-order valence-electron chi connectivity index (χ2n) is 7.88. The molecule has 2 saturated heterocycles. The first-order valence-corrected chi connectivity index (χ1v) is 9.17. The van der Waals surface area contributed by atoms with Gasteiger partial charge in [-0.15, -0.1) is 0 Å². The standard InChI is InChI=1S/C20H24N4O3/c1-13-8-14(2)11-23(10-13)17(25)12-24-18(26)20(3,22-19(24)27)16-6-4-15(9-21)5-7-16/h4-7,13-14H,8,10-12H2,1-3H3,(H,22,27)/t13-,14+,20-/m0/s1. The van der Waals surface area contributed by atoms with E-state index in [2.05, 4.69) is 19.2 Å². The lowest BCUT2D eigenvalue weighted by molar-refractivity contribution is -0.140. The van der Waals surface area contributed by atoms with Gasteiger partial charge in [0, 0.05) is 13.1 Å². The van der Waals surface area contributed by atoms with Crippen molar-refractivity contribution in [2.24, 2.45) is 11.8 Å². The highest BCUT2D eigenvalue weighted by Crippen LogP contribution is 2.29. The average molecular weight is 368 g/mol. The maximum absolute atomic E-state index is 12.9. The SMILES string of the molecule is C[C@@H]1C[C@H](C)CN(C(=O)CN2C(=O)N[C@@](C)(c3ccc(C#N)cc3)C2=O)C1. The van der Waals surface area contributed by atoms with E-state index >= 15 is 0 Å². The van der Waals surface area contributed by atoms with E-state index in [1.807, 2.05) is 6.07 Å². The molecule has 1 aromatic rings. The average Bonchev–Trinajstić information content (AvgIpc) is 2.85. The number of benzene rings is 1. The van der Waals surface area contributed by atoms with Crippen LogP contribution in [0.3, 0.4) is 0 Å². The highest BCUT2D eigenvalue weighted by molar-refractivity contribution is 6.09. The molecule has 7 nitrogen and oxygen atoms in total. The number of carbonyl (C=O) groups is 3. The predicted octanol–water partition coefficient (Wildman–Crippen LogP) is 1.83. The number of nitriles is 1. The number of hydrogen-bond acceptors (Lipinski definition) is 4. The minimum Gasteiger partial charge on any atom is -0.341 e. The van der Waals surface area contributed by atoms with Crippen LogP contribution < -0.4 is 5.32 Å². The summed E-state index contributed by atoms with van der Waals surface area (Å²) in [6, 6.07) is 7.95. The van der Waals surface area contributed by atoms with Crippen molar-refractivity contribution < 1.29 is 14.4 Å². The molecule has 0 aromatic heterocycles. The molecule has 1 aromatic carbocycles. The zero-order valence-electron chi connectivity index (χ0n) is 15.9. The predicted molar refractivity (Wildman–Crippen MR) is 98.3 cm³/mol. The summed E-state index contributed by atoms with van der Waals surface area (Å²) < 4.78 is 0. The Balaban J connectivity index is 1.75. The number of imide groups is 1. The molecule has 4 amide bonds. The van der Waals surface area contributed by atoms with Gasteiger partial charge in [-0.1, -0.05) is 26.0 Å². The first-order valence-electron chi connectivity index (χ1n) is 9.17. The fourth-order valence-corrected chi connectivity index (χ4v) is 4.02. The third-order valence-electron chi connectivity index (χ3n) is 5.38. The highest BCUT2D eigenvalue weighted by Gasteiger charge is 2.49. The van der Waals surface area contributed by atoms with Crippen molar-refractivity contribution in [3.05, 3.63) is 35.4 Å². The van der Waals surface area contributed by atoms with Crippen LogP contribution in [0.1, 0.15) is 38.3 Å². The Hall–Kier alpha value is -2.88. The van der Waals surface area contributed by atoms with Gasteiger partial charge in [-0.2, -0.15) is 5.26 Å². The lowest BCUT2D eigenvalue weighted by Crippen LogP contribution is -2.48. The molecule has 3 rings (SSSR count). The Kier molecular flexibility index (Phi) is 4.92. The molecular weight excluding hydrogens is 344 g/mol. The van der Waals surface area contributed by atoms with Crippen molar-refractivity contribution in [3.63, 3.8) is 0 Å². The zero-order valence-corrected chi connectivity index (χ0v) is 15.9. The van der Waals surface area contributed by atoms with Crippen LogP contribution in [0.25, 0.3) is 0 Å². The Morgan fingerprint density at radius 3 is 2.37 bits per heavy atom. The Labute approximate surface area is 158 Å². The topological polar surface area (TPSA) is 93.5 Å². The fourth-order valence-electron chi connectivity index (χ4n) is 4.02. The minimum atomic E-state index is -1.24. The maximum atomic E-state index is 12.9. The van der Waals surface area contributed by atoms with Crippen LogP contribution in [-0.4, -0.2) is 47.3 Å². The van der Waals surface area contributed by atoms with Crippen LogP contribution in [0, 0.1) is 23.2 Å². The molecule has 7 heteroatoms. The molecule has 2 heterocycles. The largest absolute Gasteiger partial charge is 0.341 e. The van der Waals surface area contributed by atoms with Crippen molar-refractivity contribution in [2.45, 2.75) is 32.7 Å². The Morgan fingerprint density at radius 2 is 1.81 bits per heavy atom. The van der Waals surface area contributed by atoms with Crippen molar-refractivity contribution in [3.8, 4) is 6.07 Å². The van der Waals surface area contributed by atoms with Gasteiger partial charge in [-0.25, -0.2) is 4.79 Å². The maximum Gasteiger partial charge on any atom is 0.325 e. The molecule has 2 aliphatic rings. The summed E-state index contributed by atoms with van der Waals surface area (Å²) >= 11 is 0. The lowest BCUT2D eigenvalue weighted by Gasteiger charge is -2.35. The summed E-state index contributed by atoms with van der Waals surface area (Å²) in [6.07, 6.45) is 1.07. The Morgan fingerprint density at radius 1 is 1.22 bits per heavy atom. The van der Waals surface area contributed by atoms with Crippen molar-refractivity contribution in [2.75, 3.05) is 19.6 Å². The summed E-state index contributed by atoms with van der Waals surface area (Å²) in [5.74, 6) is 0.152. The lowest BCUT2D eigenvalue weighted by atomic mass is 9.91. The van der Waals surface area contributed by atoms with Crippen LogP contribution in [-0.2, 0) is 15.1 Å². The molecule has 142 valence electrons. The van der Waals surface area contributed by atoms with Gasteiger partial charge in [0.25, 0.3) is 5.91 Å². The molecule has 0 aliphatic carbocycles. The monoisotopic (exact) mass is 368 g/mol. The smallest absolute Gasteiger partial charge is 0.325 e. The molecule has 0 unspecified atom stereocenters. The van der Waals surface area contributed by atoms with Crippen LogP contribution in [0.4, 0.5) is 4.79 Å². The number of nitrogens with one attached hydrogen (secondary N) is 1. The third kappa shape index (κ3) is 3.52. The quantitative estimate of drug-likeness (QED) is 0.824. The molecule has 3 atom stereocenters. The first kappa shape index (κ1) is 18.9. The van der Waals surface area contributed by atoms with Crippen molar-refractivity contribution >= 4 is 17.8 Å². The number of urea groups is 1. The van der Waals surface area contributed by atoms with Gasteiger partial charge in [0.15, 0.2) is 0 Å². The van der Waals surface area contributed by atoms with Crippen LogP contribution in [0.5, 0.6) is 0 Å².